The second-order valence-electron chi connectivity index (χ2n) is 5.57. The van der Waals surface area contributed by atoms with Crippen LogP contribution in [0.1, 0.15) is 46.1 Å². The van der Waals surface area contributed by atoms with E-state index in [1.807, 2.05) is 0 Å². The molecule has 0 radical (unpaired) electrons. The summed E-state index contributed by atoms with van der Waals surface area (Å²) in [5, 5.41) is 0. The summed E-state index contributed by atoms with van der Waals surface area (Å²) >= 11 is 0. The summed E-state index contributed by atoms with van der Waals surface area (Å²) in [4.78, 5) is 2.33. The fourth-order valence-corrected chi connectivity index (χ4v) is 1.74. The van der Waals surface area contributed by atoms with Gasteiger partial charge < -0.3 is 4.90 Å². The van der Waals surface area contributed by atoms with Gasteiger partial charge in [0.05, 0.1) is 0 Å². The molecular weight excluding hydrogens is 194 g/mol. The lowest BCUT2D eigenvalue weighted by atomic mass is 9.87. The van der Waals surface area contributed by atoms with E-state index in [4.69, 9.17) is 0 Å². The van der Waals surface area contributed by atoms with E-state index in [9.17, 15) is 0 Å². The number of nitrogens with zero attached hydrogens (tertiary/aromatic N) is 1. The standard InChI is InChI=1S/C15H25N/c1-6-7-12-16(5)14-10-8-13(9-11-14)15(2,3)4/h8-11H,6-7,12H2,1-5H3. The van der Waals surface area contributed by atoms with Crippen molar-refractivity contribution >= 4 is 5.69 Å². The van der Waals surface area contributed by atoms with Crippen LogP contribution in [0.4, 0.5) is 5.69 Å². The van der Waals surface area contributed by atoms with Crippen LogP contribution in [0.2, 0.25) is 0 Å². The summed E-state index contributed by atoms with van der Waals surface area (Å²) in [6.07, 6.45) is 2.52. The van der Waals surface area contributed by atoms with Crippen molar-refractivity contribution < 1.29 is 0 Å². The molecule has 0 aromatic heterocycles. The zero-order valence-corrected chi connectivity index (χ0v) is 11.4. The van der Waals surface area contributed by atoms with E-state index in [-0.39, 0.29) is 5.41 Å². The van der Waals surface area contributed by atoms with Gasteiger partial charge in [0.2, 0.25) is 0 Å². The van der Waals surface area contributed by atoms with Gasteiger partial charge in [-0.05, 0) is 29.5 Å². The number of hydrogen-bond donors (Lipinski definition) is 0. The molecule has 1 aromatic carbocycles. The summed E-state index contributed by atoms with van der Waals surface area (Å²) in [6.45, 7) is 10.1. The number of unbranched alkanes of at least 4 members (excludes halogenated alkanes) is 1. The van der Waals surface area contributed by atoms with Gasteiger partial charge >= 0.3 is 0 Å². The van der Waals surface area contributed by atoms with Crippen LogP contribution in [-0.4, -0.2) is 13.6 Å². The predicted molar refractivity (Wildman–Crippen MR) is 73.3 cm³/mol. The average Bonchev–Trinajstić information content (AvgIpc) is 2.25. The molecule has 0 unspecified atom stereocenters. The first kappa shape index (κ1) is 13.1. The molecule has 1 aromatic rings. The van der Waals surface area contributed by atoms with Crippen LogP contribution in [-0.2, 0) is 5.41 Å². The Balaban J connectivity index is 2.71. The molecule has 0 atom stereocenters. The summed E-state index contributed by atoms with van der Waals surface area (Å²) in [7, 11) is 2.17. The molecule has 0 bridgehead atoms. The minimum Gasteiger partial charge on any atom is -0.375 e. The van der Waals surface area contributed by atoms with E-state index in [2.05, 4.69) is 63.9 Å². The van der Waals surface area contributed by atoms with Crippen LogP contribution in [0.3, 0.4) is 0 Å². The third kappa shape index (κ3) is 3.55. The molecule has 0 fully saturated rings. The Bertz CT molecular complexity index is 305. The summed E-state index contributed by atoms with van der Waals surface area (Å²) in [5.41, 5.74) is 2.97. The molecule has 0 aliphatic rings. The summed E-state index contributed by atoms with van der Waals surface area (Å²) < 4.78 is 0. The minimum absolute atomic E-state index is 0.251. The van der Waals surface area contributed by atoms with Gasteiger partial charge in [-0.2, -0.15) is 0 Å². The average molecular weight is 219 g/mol. The van der Waals surface area contributed by atoms with Gasteiger partial charge in [0.1, 0.15) is 0 Å². The fraction of sp³-hybridized carbons (Fsp3) is 0.600. The first-order valence-corrected chi connectivity index (χ1v) is 6.27. The fourth-order valence-electron chi connectivity index (χ4n) is 1.74. The van der Waals surface area contributed by atoms with Crippen LogP contribution in [0.25, 0.3) is 0 Å². The van der Waals surface area contributed by atoms with Crippen molar-refractivity contribution in [2.75, 3.05) is 18.5 Å². The first-order chi connectivity index (χ1) is 7.45. The van der Waals surface area contributed by atoms with Gasteiger partial charge in [-0.3, -0.25) is 0 Å². The van der Waals surface area contributed by atoms with Crippen molar-refractivity contribution in [3.63, 3.8) is 0 Å². The molecule has 1 nitrogen and oxygen atoms in total. The van der Waals surface area contributed by atoms with Crippen LogP contribution >= 0.6 is 0 Å². The number of rotatable bonds is 4. The molecule has 0 aliphatic heterocycles. The van der Waals surface area contributed by atoms with Crippen molar-refractivity contribution in [1.82, 2.24) is 0 Å². The van der Waals surface area contributed by atoms with E-state index >= 15 is 0 Å². The van der Waals surface area contributed by atoms with Crippen LogP contribution < -0.4 is 4.90 Å². The SMILES string of the molecule is CCCCN(C)c1ccc(C(C)(C)C)cc1. The normalized spacial score (nSPS) is 11.6. The molecular formula is C15H25N. The maximum atomic E-state index is 2.33. The Morgan fingerprint density at radius 2 is 1.62 bits per heavy atom. The highest BCUT2D eigenvalue weighted by Crippen LogP contribution is 2.24. The van der Waals surface area contributed by atoms with E-state index in [0.717, 1.165) is 6.54 Å². The van der Waals surface area contributed by atoms with Gasteiger partial charge in [0.15, 0.2) is 0 Å². The zero-order chi connectivity index (χ0) is 12.2. The molecule has 0 amide bonds. The van der Waals surface area contributed by atoms with Crippen molar-refractivity contribution in [3.8, 4) is 0 Å². The molecule has 1 rings (SSSR count). The van der Waals surface area contributed by atoms with E-state index in [1.165, 1.54) is 24.1 Å². The molecule has 0 spiro atoms. The summed E-state index contributed by atoms with van der Waals surface area (Å²) in [6, 6.07) is 8.96. The quantitative estimate of drug-likeness (QED) is 0.733. The highest BCUT2D eigenvalue weighted by atomic mass is 15.1. The molecule has 0 saturated heterocycles. The molecule has 0 N–H and O–H groups in total. The Morgan fingerprint density at radius 1 is 1.06 bits per heavy atom. The summed E-state index contributed by atoms with van der Waals surface area (Å²) in [5.74, 6) is 0. The topological polar surface area (TPSA) is 3.24 Å². The first-order valence-electron chi connectivity index (χ1n) is 6.27. The van der Waals surface area contributed by atoms with E-state index < -0.39 is 0 Å². The zero-order valence-electron chi connectivity index (χ0n) is 11.4. The largest absolute Gasteiger partial charge is 0.375 e. The maximum absolute atomic E-state index is 2.33. The van der Waals surface area contributed by atoms with E-state index in [0.29, 0.717) is 0 Å². The smallest absolute Gasteiger partial charge is 0.0363 e. The lowest BCUT2D eigenvalue weighted by Gasteiger charge is -2.22. The number of anilines is 1. The maximum Gasteiger partial charge on any atom is 0.0363 e. The molecule has 0 heterocycles. The second-order valence-corrected chi connectivity index (χ2v) is 5.57. The van der Waals surface area contributed by atoms with Crippen molar-refractivity contribution in [2.45, 2.75) is 46.0 Å². The van der Waals surface area contributed by atoms with Gasteiger partial charge in [-0.25, -0.2) is 0 Å². The van der Waals surface area contributed by atoms with Gasteiger partial charge in [0.25, 0.3) is 0 Å². The third-order valence-electron chi connectivity index (χ3n) is 3.02. The molecule has 1 heteroatoms. The van der Waals surface area contributed by atoms with Crippen molar-refractivity contribution in [2.24, 2.45) is 0 Å². The lowest BCUT2D eigenvalue weighted by Crippen LogP contribution is -2.18. The number of benzene rings is 1. The van der Waals surface area contributed by atoms with Crippen LogP contribution in [0.15, 0.2) is 24.3 Å². The Kier molecular flexibility index (Phi) is 4.40. The third-order valence-corrected chi connectivity index (χ3v) is 3.02. The minimum atomic E-state index is 0.251. The Labute approximate surface area is 100 Å². The predicted octanol–water partition coefficient (Wildman–Crippen LogP) is 4.22. The van der Waals surface area contributed by atoms with Crippen molar-refractivity contribution in [3.05, 3.63) is 29.8 Å². The van der Waals surface area contributed by atoms with Crippen molar-refractivity contribution in [1.29, 1.82) is 0 Å². The molecule has 90 valence electrons. The lowest BCUT2D eigenvalue weighted by molar-refractivity contribution is 0.590. The molecule has 0 aliphatic carbocycles. The number of hydrogen-bond acceptors (Lipinski definition) is 1. The van der Waals surface area contributed by atoms with Crippen LogP contribution in [0, 0.1) is 0 Å². The highest BCUT2D eigenvalue weighted by molar-refractivity contribution is 5.47. The second kappa shape index (κ2) is 5.38. The highest BCUT2D eigenvalue weighted by Gasteiger charge is 2.13. The molecule has 16 heavy (non-hydrogen) atoms. The Hall–Kier alpha value is -0.980. The van der Waals surface area contributed by atoms with Crippen LogP contribution in [0.5, 0.6) is 0 Å². The molecule has 0 saturated carbocycles. The van der Waals surface area contributed by atoms with Gasteiger partial charge in [-0.1, -0.05) is 46.2 Å². The van der Waals surface area contributed by atoms with Gasteiger partial charge in [-0.15, -0.1) is 0 Å². The Morgan fingerprint density at radius 3 is 2.06 bits per heavy atom. The van der Waals surface area contributed by atoms with Gasteiger partial charge in [0, 0.05) is 19.3 Å². The van der Waals surface area contributed by atoms with E-state index in [1.54, 1.807) is 0 Å². The monoisotopic (exact) mass is 219 g/mol.